The minimum Gasteiger partial charge on any atom is -0.346 e. The van der Waals surface area contributed by atoms with E-state index in [1.807, 2.05) is 19.1 Å². The second kappa shape index (κ2) is 7.76. The summed E-state index contributed by atoms with van der Waals surface area (Å²) in [6, 6.07) is 12.4. The number of halogens is 1. The molecule has 1 aromatic heterocycles. The molecule has 0 bridgehead atoms. The van der Waals surface area contributed by atoms with Crippen molar-refractivity contribution in [2.75, 3.05) is 0 Å². The first kappa shape index (κ1) is 18.7. The Balaban J connectivity index is 1.62. The average Bonchev–Trinajstić information content (AvgIpc) is 2.94. The van der Waals surface area contributed by atoms with Crippen LogP contribution in [0.1, 0.15) is 54.0 Å². The van der Waals surface area contributed by atoms with Crippen LogP contribution in [0.3, 0.4) is 0 Å². The average molecular weight is 396 g/mol. The molecule has 0 fully saturated rings. The number of carbonyl (C=O) groups excluding carboxylic acids is 1. The molecule has 1 atom stereocenters. The van der Waals surface area contributed by atoms with Gasteiger partial charge in [0.25, 0.3) is 11.5 Å². The van der Waals surface area contributed by atoms with E-state index in [1.165, 1.54) is 0 Å². The summed E-state index contributed by atoms with van der Waals surface area (Å²) in [6.07, 6.45) is 3.95. The number of nitrogens with one attached hydrogen (secondary N) is 1. The quantitative estimate of drug-likeness (QED) is 0.720. The fourth-order valence-corrected chi connectivity index (χ4v) is 3.80. The van der Waals surface area contributed by atoms with Crippen molar-refractivity contribution in [1.29, 1.82) is 0 Å². The van der Waals surface area contributed by atoms with Crippen molar-refractivity contribution in [3.05, 3.63) is 74.8 Å². The highest BCUT2D eigenvalue weighted by atomic mass is 35.5. The van der Waals surface area contributed by atoms with Crippen LogP contribution in [-0.2, 0) is 13.0 Å². The third kappa shape index (κ3) is 3.67. The van der Waals surface area contributed by atoms with Crippen LogP contribution in [0, 0.1) is 0 Å². The van der Waals surface area contributed by atoms with Gasteiger partial charge in [-0.15, -0.1) is 0 Å². The number of amides is 1. The summed E-state index contributed by atoms with van der Waals surface area (Å²) in [5.41, 5.74) is 2.05. The number of fused-ring (bicyclic) bond motifs is 2. The van der Waals surface area contributed by atoms with Gasteiger partial charge in [0.2, 0.25) is 0 Å². The molecule has 0 radical (unpaired) electrons. The number of hydrogen-bond donors (Lipinski definition) is 1. The van der Waals surface area contributed by atoms with E-state index in [1.54, 1.807) is 34.9 Å². The molecule has 5 nitrogen and oxygen atoms in total. The summed E-state index contributed by atoms with van der Waals surface area (Å²) in [4.78, 5) is 30.2. The van der Waals surface area contributed by atoms with Crippen LogP contribution in [0.15, 0.2) is 47.3 Å². The molecule has 1 aliphatic heterocycles. The summed E-state index contributed by atoms with van der Waals surface area (Å²) in [5, 5.41) is 4.21. The van der Waals surface area contributed by atoms with Crippen LogP contribution in [0.5, 0.6) is 0 Å². The lowest BCUT2D eigenvalue weighted by Gasteiger charge is -2.15. The molecule has 2 heterocycles. The molecule has 2 aromatic carbocycles. The van der Waals surface area contributed by atoms with Crippen LogP contribution in [0.4, 0.5) is 0 Å². The Hall–Kier alpha value is -2.66. The topological polar surface area (TPSA) is 64.0 Å². The molecule has 0 saturated heterocycles. The number of hydrogen-bond acceptors (Lipinski definition) is 3. The van der Waals surface area contributed by atoms with E-state index in [2.05, 4.69) is 5.32 Å². The monoisotopic (exact) mass is 395 g/mol. The number of aryl methyl sites for hydroxylation is 1. The van der Waals surface area contributed by atoms with Crippen LogP contribution < -0.4 is 10.9 Å². The van der Waals surface area contributed by atoms with Crippen molar-refractivity contribution in [1.82, 2.24) is 14.9 Å². The summed E-state index contributed by atoms with van der Waals surface area (Å²) in [7, 11) is 0. The fourth-order valence-electron chi connectivity index (χ4n) is 3.67. The van der Waals surface area contributed by atoms with Gasteiger partial charge in [0, 0.05) is 23.6 Å². The predicted octanol–water partition coefficient (Wildman–Crippen LogP) is 4.27. The van der Waals surface area contributed by atoms with Crippen LogP contribution in [-0.4, -0.2) is 15.5 Å². The molecule has 0 spiro atoms. The Kier molecular flexibility index (Phi) is 5.18. The van der Waals surface area contributed by atoms with Gasteiger partial charge < -0.3 is 5.32 Å². The van der Waals surface area contributed by atoms with Gasteiger partial charge in [0.15, 0.2) is 0 Å². The predicted molar refractivity (Wildman–Crippen MR) is 111 cm³/mol. The van der Waals surface area contributed by atoms with E-state index in [-0.39, 0.29) is 17.5 Å². The van der Waals surface area contributed by atoms with Crippen LogP contribution >= 0.6 is 11.6 Å². The zero-order valence-electron chi connectivity index (χ0n) is 15.7. The fraction of sp³-hybridized carbons (Fsp3) is 0.318. The van der Waals surface area contributed by atoms with Gasteiger partial charge in [-0.05, 0) is 55.7 Å². The van der Waals surface area contributed by atoms with Crippen LogP contribution in [0.2, 0.25) is 5.02 Å². The van der Waals surface area contributed by atoms with E-state index in [9.17, 15) is 9.59 Å². The first-order valence-corrected chi connectivity index (χ1v) is 10.0. The van der Waals surface area contributed by atoms with Gasteiger partial charge in [-0.2, -0.15) is 0 Å². The number of rotatable bonds is 3. The molecule has 0 unspecified atom stereocenters. The van der Waals surface area contributed by atoms with Gasteiger partial charge in [-0.3, -0.25) is 14.2 Å². The third-order valence-electron chi connectivity index (χ3n) is 5.30. The van der Waals surface area contributed by atoms with E-state index in [0.717, 1.165) is 43.6 Å². The number of aromatic nitrogens is 2. The zero-order valence-corrected chi connectivity index (χ0v) is 16.5. The summed E-state index contributed by atoms with van der Waals surface area (Å²) >= 11 is 5.93. The Bertz CT molecular complexity index is 1090. The van der Waals surface area contributed by atoms with Crippen molar-refractivity contribution in [3.8, 4) is 0 Å². The molecule has 3 aromatic rings. The first-order chi connectivity index (χ1) is 13.5. The van der Waals surface area contributed by atoms with Gasteiger partial charge in [-0.1, -0.05) is 30.2 Å². The number of benzene rings is 2. The first-order valence-electron chi connectivity index (χ1n) is 9.63. The number of carbonyl (C=O) groups is 1. The standard InChI is InChI=1S/C22H22ClN3O2/c1-14(15-6-9-17(23)10-7-15)24-21(27)16-8-11-18-19(13-16)25-20-5-3-2-4-12-26(20)22(18)28/h6-11,13-14H,2-5,12H2,1H3,(H,24,27)/t14-/m1/s1. The summed E-state index contributed by atoms with van der Waals surface area (Å²) < 4.78 is 1.79. The zero-order chi connectivity index (χ0) is 19.7. The lowest BCUT2D eigenvalue weighted by molar-refractivity contribution is 0.0940. The summed E-state index contributed by atoms with van der Waals surface area (Å²) in [5.74, 6) is 0.628. The van der Waals surface area contributed by atoms with Crippen molar-refractivity contribution in [3.63, 3.8) is 0 Å². The molecule has 144 valence electrons. The smallest absolute Gasteiger partial charge is 0.261 e. The van der Waals surface area contributed by atoms with Gasteiger partial charge in [-0.25, -0.2) is 4.98 Å². The number of nitrogens with zero attached hydrogens (tertiary/aromatic N) is 2. The largest absolute Gasteiger partial charge is 0.346 e. The van der Waals surface area contributed by atoms with Crippen LogP contribution in [0.25, 0.3) is 10.9 Å². The Morgan fingerprint density at radius 3 is 2.71 bits per heavy atom. The molecule has 1 aliphatic rings. The molecule has 0 saturated carbocycles. The Morgan fingerprint density at radius 1 is 1.14 bits per heavy atom. The maximum Gasteiger partial charge on any atom is 0.261 e. The molecule has 28 heavy (non-hydrogen) atoms. The minimum absolute atomic E-state index is 0.0107. The molecule has 4 rings (SSSR count). The van der Waals surface area contributed by atoms with Crippen molar-refractivity contribution in [2.45, 2.75) is 45.2 Å². The lowest BCUT2D eigenvalue weighted by Crippen LogP contribution is -2.27. The minimum atomic E-state index is -0.193. The van der Waals surface area contributed by atoms with Crippen molar-refractivity contribution < 1.29 is 4.79 Å². The lowest BCUT2D eigenvalue weighted by atomic mass is 10.1. The van der Waals surface area contributed by atoms with Crippen molar-refractivity contribution >= 4 is 28.4 Å². The molecule has 6 heteroatoms. The second-order valence-electron chi connectivity index (χ2n) is 7.27. The van der Waals surface area contributed by atoms with E-state index < -0.39 is 0 Å². The van der Waals surface area contributed by atoms with E-state index in [4.69, 9.17) is 16.6 Å². The Morgan fingerprint density at radius 2 is 1.93 bits per heavy atom. The van der Waals surface area contributed by atoms with E-state index >= 15 is 0 Å². The molecule has 0 aliphatic carbocycles. The maximum atomic E-state index is 12.8. The summed E-state index contributed by atoms with van der Waals surface area (Å²) in [6.45, 7) is 2.64. The SMILES string of the molecule is C[C@@H](NC(=O)c1ccc2c(=O)n3c(nc2c1)CCCCC3)c1ccc(Cl)cc1. The highest BCUT2D eigenvalue weighted by Crippen LogP contribution is 2.19. The van der Waals surface area contributed by atoms with Gasteiger partial charge in [0.05, 0.1) is 16.9 Å². The van der Waals surface area contributed by atoms with Gasteiger partial charge >= 0.3 is 0 Å². The maximum absolute atomic E-state index is 12.8. The molecular weight excluding hydrogens is 374 g/mol. The molecule has 1 amide bonds. The second-order valence-corrected chi connectivity index (χ2v) is 7.71. The molecule has 1 N–H and O–H groups in total. The normalized spacial score (nSPS) is 14.9. The highest BCUT2D eigenvalue weighted by molar-refractivity contribution is 6.30. The molecular formula is C22H22ClN3O2. The van der Waals surface area contributed by atoms with Gasteiger partial charge in [0.1, 0.15) is 5.82 Å². The Labute approximate surface area is 168 Å². The van der Waals surface area contributed by atoms with Crippen molar-refractivity contribution in [2.24, 2.45) is 0 Å². The third-order valence-corrected chi connectivity index (χ3v) is 5.55. The highest BCUT2D eigenvalue weighted by Gasteiger charge is 2.16. The van der Waals surface area contributed by atoms with E-state index in [0.29, 0.717) is 21.5 Å².